The summed E-state index contributed by atoms with van der Waals surface area (Å²) >= 11 is 0. The van der Waals surface area contributed by atoms with Crippen LogP contribution in [0, 0.1) is 11.8 Å². The molecule has 0 radical (unpaired) electrons. The Morgan fingerprint density at radius 2 is 1.92 bits per heavy atom. The summed E-state index contributed by atoms with van der Waals surface area (Å²) < 4.78 is 20.6. The Morgan fingerprint density at radius 3 is 2.79 bits per heavy atom. The molecule has 2 aromatic heterocycles. The highest BCUT2D eigenvalue weighted by atomic mass is 16.5. The maximum Gasteiger partial charge on any atom is 0.249 e. The number of para-hydroxylation sites is 1. The summed E-state index contributed by atoms with van der Waals surface area (Å²) in [7, 11) is 0. The Hall–Kier alpha value is -5.48. The number of aromatic nitrogens is 2. The van der Waals surface area contributed by atoms with E-state index in [-0.39, 0.29) is 30.1 Å². The lowest BCUT2D eigenvalue weighted by Crippen LogP contribution is -2.41. The first kappa shape index (κ1) is 30.2. The summed E-state index contributed by atoms with van der Waals surface area (Å²) in [4.78, 5) is 37.9. The summed E-state index contributed by atoms with van der Waals surface area (Å²) in [5.74, 6) is 1.84. The van der Waals surface area contributed by atoms with Crippen molar-refractivity contribution < 1.29 is 23.2 Å². The number of nitrogens with zero attached hydrogens (tertiary/aromatic N) is 2. The summed E-state index contributed by atoms with van der Waals surface area (Å²) in [6.45, 7) is 4.89. The van der Waals surface area contributed by atoms with E-state index in [4.69, 9.17) is 23.5 Å². The molecule has 5 atom stereocenters. The highest BCUT2D eigenvalue weighted by Gasteiger charge is 2.61. The number of ketones is 1. The van der Waals surface area contributed by atoms with E-state index in [0.29, 0.717) is 35.4 Å². The lowest BCUT2D eigenvalue weighted by molar-refractivity contribution is -0.131. The fourth-order valence-corrected chi connectivity index (χ4v) is 9.56. The molecule has 1 fully saturated rings. The highest BCUT2D eigenvalue weighted by Crippen LogP contribution is 2.61. The number of fused-ring (bicyclic) bond motifs is 7. The summed E-state index contributed by atoms with van der Waals surface area (Å²) in [6, 6.07) is 18.2. The predicted octanol–water partition coefficient (Wildman–Crippen LogP) is 6.47. The molecule has 1 amide bonds. The molecule has 10 bridgehead atoms. The molecule has 3 aromatic carbocycles. The Kier molecular flexibility index (Phi) is 6.25. The monoisotopic (exact) mass is 691 g/mol. The van der Waals surface area contributed by atoms with Crippen molar-refractivity contribution in [3.8, 4) is 28.5 Å². The smallest absolute Gasteiger partial charge is 0.249 e. The lowest BCUT2D eigenvalue weighted by Gasteiger charge is -2.28. The van der Waals surface area contributed by atoms with Gasteiger partial charge in [0.2, 0.25) is 17.7 Å². The van der Waals surface area contributed by atoms with Gasteiger partial charge < -0.3 is 29.5 Å². The molecule has 52 heavy (non-hydrogen) atoms. The number of carbonyl (C=O) groups is 2. The number of nitrogens with one attached hydrogen (secondary N) is 3. The van der Waals surface area contributed by atoms with Gasteiger partial charge in [0.05, 0.1) is 12.2 Å². The fraction of sp³-hybridized carbons (Fsp3) is 0.333. The number of anilines is 1. The second kappa shape index (κ2) is 10.8. The zero-order valence-electron chi connectivity index (χ0n) is 28.9. The Bertz CT molecular complexity index is 2400. The normalized spacial score (nSPS) is 25.7. The van der Waals surface area contributed by atoms with E-state index in [1.807, 2.05) is 26.0 Å². The summed E-state index contributed by atoms with van der Waals surface area (Å²) in [5.41, 5.74) is 8.86. The molecule has 1 aliphatic carbocycles. The number of carbonyl (C=O) groups excluding carboxylic acids is 2. The van der Waals surface area contributed by atoms with E-state index in [9.17, 15) is 9.59 Å². The maximum absolute atomic E-state index is 14.3. The average Bonchev–Trinajstić information content (AvgIpc) is 3.99. The number of amides is 1. The largest absolute Gasteiger partial charge is 0.469 e. The van der Waals surface area contributed by atoms with Crippen LogP contribution < -0.4 is 20.7 Å². The fourth-order valence-electron chi connectivity index (χ4n) is 9.56. The summed E-state index contributed by atoms with van der Waals surface area (Å²) in [5, 5.41) is 10.4. The third kappa shape index (κ3) is 4.04. The second-order valence-corrected chi connectivity index (χ2v) is 15.4. The van der Waals surface area contributed by atoms with Gasteiger partial charge in [-0.1, -0.05) is 68.5 Å². The van der Waals surface area contributed by atoms with Gasteiger partial charge in [0.15, 0.2) is 29.2 Å². The van der Waals surface area contributed by atoms with Gasteiger partial charge in [-0.3, -0.25) is 9.59 Å². The highest BCUT2D eigenvalue weighted by molar-refractivity contribution is 5.97. The number of Topliss-reactive ketones (excluding diaryl/α,β-unsaturated/α-hetero) is 1. The van der Waals surface area contributed by atoms with E-state index >= 15 is 0 Å². The average molecular weight is 692 g/mol. The van der Waals surface area contributed by atoms with Crippen LogP contribution in [0.2, 0.25) is 0 Å². The van der Waals surface area contributed by atoms with Crippen molar-refractivity contribution in [2.24, 2.45) is 11.8 Å². The van der Waals surface area contributed by atoms with Crippen LogP contribution in [0.5, 0.6) is 5.75 Å². The number of benzene rings is 3. The van der Waals surface area contributed by atoms with Gasteiger partial charge in [-0.2, -0.15) is 0 Å². The van der Waals surface area contributed by atoms with Gasteiger partial charge in [-0.25, -0.2) is 9.97 Å². The number of hydrogen-bond donors (Lipinski definition) is 3. The van der Waals surface area contributed by atoms with E-state index in [1.165, 1.54) is 5.56 Å². The molecule has 10 nitrogen and oxygen atoms in total. The van der Waals surface area contributed by atoms with Crippen molar-refractivity contribution in [1.29, 1.82) is 0 Å². The zero-order valence-corrected chi connectivity index (χ0v) is 28.9. The quantitative estimate of drug-likeness (QED) is 0.194. The molecular formula is C42H37N5O5. The maximum atomic E-state index is 14.3. The zero-order chi connectivity index (χ0) is 34.9. The van der Waals surface area contributed by atoms with Gasteiger partial charge >= 0.3 is 0 Å². The SMILES string of the molecule is CC(C)C1NC(=O)C(CC(=O)[C@@H]2CCCN2)Cc2ccc3c(c2)C24c5cccc(c5N[C@H]2O3)-c2cccc3c2C(=CC3)c2cnc(o2)-c2nc1oc24. The standard InChI is InChI=1S/C42H37N5O5/c1-20(2)34-40-46-36-37(52-40)42-27-9-4-8-25(24-7-3-6-22-12-13-26(33(22)24)32-19-44-39(36)50-32)35(27)47-41(42)51-31-14-11-21(17-28(31)42)16-23(38(49)45-34)18-30(48)29-10-5-15-43-29/h3-4,6-9,11,13-14,17,19-20,23,29,34,41,43,47H,5,10,12,15-16,18H2,1-2H3,(H,45,49)/t23?,29-,34?,41-,42?/m0/s1. The van der Waals surface area contributed by atoms with Crippen LogP contribution in [-0.2, 0) is 27.8 Å². The van der Waals surface area contributed by atoms with Gasteiger partial charge in [-0.05, 0) is 66.5 Å². The van der Waals surface area contributed by atoms with Crippen molar-refractivity contribution in [3.05, 3.63) is 112 Å². The summed E-state index contributed by atoms with van der Waals surface area (Å²) in [6.07, 6.45) is 6.50. The van der Waals surface area contributed by atoms with Crippen LogP contribution in [0.15, 0.2) is 75.7 Å². The molecule has 6 aliphatic rings. The lowest BCUT2D eigenvalue weighted by atomic mass is 9.71. The van der Waals surface area contributed by atoms with Crippen LogP contribution in [0.3, 0.4) is 0 Å². The Labute approximate surface area is 300 Å². The molecule has 3 unspecified atom stereocenters. The molecule has 5 aromatic rings. The van der Waals surface area contributed by atoms with Crippen molar-refractivity contribution in [1.82, 2.24) is 20.6 Å². The van der Waals surface area contributed by atoms with Crippen LogP contribution in [0.4, 0.5) is 5.69 Å². The van der Waals surface area contributed by atoms with Gasteiger partial charge in [0.25, 0.3) is 0 Å². The topological polar surface area (TPSA) is 132 Å². The van der Waals surface area contributed by atoms with Crippen molar-refractivity contribution in [2.45, 2.75) is 69.7 Å². The molecule has 5 aliphatic heterocycles. The Morgan fingerprint density at radius 1 is 1.04 bits per heavy atom. The van der Waals surface area contributed by atoms with E-state index in [0.717, 1.165) is 76.2 Å². The minimum atomic E-state index is -0.981. The molecular weight excluding hydrogens is 654 g/mol. The molecule has 10 heteroatoms. The van der Waals surface area contributed by atoms with E-state index in [1.54, 1.807) is 6.20 Å². The van der Waals surface area contributed by atoms with Crippen LogP contribution in [-0.4, -0.2) is 40.5 Å². The molecule has 260 valence electrons. The first-order chi connectivity index (χ1) is 25.4. The van der Waals surface area contributed by atoms with Gasteiger partial charge in [0.1, 0.15) is 17.2 Å². The third-order valence-corrected chi connectivity index (χ3v) is 12.1. The number of oxazole rings is 2. The van der Waals surface area contributed by atoms with E-state index < -0.39 is 23.6 Å². The molecule has 11 rings (SSSR count). The molecule has 1 saturated heterocycles. The van der Waals surface area contributed by atoms with Crippen LogP contribution in [0.1, 0.15) is 84.4 Å². The van der Waals surface area contributed by atoms with Crippen LogP contribution in [0.25, 0.3) is 28.3 Å². The van der Waals surface area contributed by atoms with Gasteiger partial charge in [0, 0.05) is 40.3 Å². The number of hydrogen-bond acceptors (Lipinski definition) is 9. The first-order valence-corrected chi connectivity index (χ1v) is 18.5. The van der Waals surface area contributed by atoms with E-state index in [2.05, 4.69) is 64.5 Å². The minimum absolute atomic E-state index is 0.0734. The second-order valence-electron chi connectivity index (χ2n) is 15.4. The van der Waals surface area contributed by atoms with Crippen molar-refractivity contribution in [3.63, 3.8) is 0 Å². The molecule has 7 heterocycles. The van der Waals surface area contributed by atoms with Crippen LogP contribution >= 0.6 is 0 Å². The minimum Gasteiger partial charge on any atom is -0.469 e. The molecule has 3 N–H and O–H groups in total. The van der Waals surface area contributed by atoms with Crippen molar-refractivity contribution in [2.75, 3.05) is 11.9 Å². The van der Waals surface area contributed by atoms with Crippen molar-refractivity contribution >= 4 is 23.0 Å². The van der Waals surface area contributed by atoms with Gasteiger partial charge in [-0.15, -0.1) is 0 Å². The first-order valence-electron chi connectivity index (χ1n) is 18.5. The predicted molar refractivity (Wildman–Crippen MR) is 193 cm³/mol. The third-order valence-electron chi connectivity index (χ3n) is 12.1. The Balaban J connectivity index is 1.19. The number of ether oxygens (including phenoxy) is 1. The molecule has 0 saturated carbocycles. The number of rotatable bonds is 4. The number of allylic oxidation sites excluding steroid dienone is 1. The molecule has 1 spiro atoms.